The normalized spacial score (nSPS) is 13.2. The third-order valence-corrected chi connectivity index (χ3v) is 2.19. The first-order valence-electron chi connectivity index (χ1n) is 5.07. The number of nitrogens with zero attached hydrogens (tertiary/aromatic N) is 2. The molecule has 7 nitrogen and oxygen atoms in total. The van der Waals surface area contributed by atoms with Gasteiger partial charge in [0.1, 0.15) is 17.3 Å². The Kier molecular flexibility index (Phi) is 4.86. The van der Waals surface area contributed by atoms with E-state index in [-0.39, 0.29) is 5.84 Å². The fourth-order valence-corrected chi connectivity index (χ4v) is 1.12. The second-order valence-corrected chi connectivity index (χ2v) is 3.63. The highest BCUT2D eigenvalue weighted by Gasteiger charge is 2.21. The monoisotopic (exact) mass is 238 g/mol. The Morgan fingerprint density at radius 2 is 2.29 bits per heavy atom. The first-order chi connectivity index (χ1) is 8.17. The van der Waals surface area contributed by atoms with E-state index in [1.807, 2.05) is 0 Å². The summed E-state index contributed by atoms with van der Waals surface area (Å²) >= 11 is 0. The van der Waals surface area contributed by atoms with E-state index in [0.717, 1.165) is 18.3 Å². The smallest absolute Gasteiger partial charge is 0.152 e. The quantitative estimate of drug-likeness (QED) is 0.316. The van der Waals surface area contributed by atoms with Gasteiger partial charge in [-0.1, -0.05) is 0 Å². The van der Waals surface area contributed by atoms with Crippen molar-refractivity contribution in [2.75, 3.05) is 6.61 Å². The van der Waals surface area contributed by atoms with E-state index in [4.69, 9.17) is 26.0 Å². The van der Waals surface area contributed by atoms with Crippen molar-refractivity contribution in [3.63, 3.8) is 0 Å². The number of rotatable bonds is 4. The van der Waals surface area contributed by atoms with Gasteiger partial charge in [-0.3, -0.25) is 5.41 Å². The van der Waals surface area contributed by atoms with E-state index in [0.29, 0.717) is 5.69 Å². The SMILES string of the molecule is N=C(N)c1ccc(OCC2CC2)cn1.O=NO. The number of hydrogen-bond donors (Lipinski definition) is 3. The number of nitrogens with one attached hydrogen (secondary N) is 1. The van der Waals surface area contributed by atoms with Gasteiger partial charge in [0.15, 0.2) is 5.34 Å². The summed E-state index contributed by atoms with van der Waals surface area (Å²) < 4.78 is 5.49. The lowest BCUT2D eigenvalue weighted by molar-refractivity contribution is 0.298. The van der Waals surface area contributed by atoms with Crippen LogP contribution in [0.25, 0.3) is 0 Å². The Balaban J connectivity index is 0.000000437. The van der Waals surface area contributed by atoms with Crippen molar-refractivity contribution in [1.82, 2.24) is 4.98 Å². The molecule has 1 aromatic rings. The molecule has 0 aromatic carbocycles. The molecular formula is C10H14N4O3. The minimum absolute atomic E-state index is 0.0151. The summed E-state index contributed by atoms with van der Waals surface area (Å²) in [6, 6.07) is 3.50. The number of hydrogen-bond acceptors (Lipinski definition) is 5. The number of nitrogens with two attached hydrogens (primary N) is 1. The van der Waals surface area contributed by atoms with Crippen LogP contribution in [0, 0.1) is 16.2 Å². The summed E-state index contributed by atoms with van der Waals surface area (Å²) in [6.07, 6.45) is 4.16. The van der Waals surface area contributed by atoms with E-state index >= 15 is 0 Å². The molecule has 1 fully saturated rings. The molecule has 1 aliphatic carbocycles. The lowest BCUT2D eigenvalue weighted by Gasteiger charge is -2.04. The highest BCUT2D eigenvalue weighted by molar-refractivity contribution is 5.92. The molecule has 0 saturated heterocycles. The number of ether oxygens (including phenoxy) is 1. The molecule has 1 saturated carbocycles. The maximum Gasteiger partial charge on any atom is 0.152 e. The highest BCUT2D eigenvalue weighted by atomic mass is 16.6. The molecule has 1 aromatic heterocycles. The van der Waals surface area contributed by atoms with Gasteiger partial charge in [-0.2, -0.15) is 0 Å². The van der Waals surface area contributed by atoms with Crippen LogP contribution in [0.15, 0.2) is 23.7 Å². The van der Waals surface area contributed by atoms with Gasteiger partial charge in [-0.05, 0) is 30.9 Å². The van der Waals surface area contributed by atoms with Crippen molar-refractivity contribution in [2.24, 2.45) is 17.0 Å². The van der Waals surface area contributed by atoms with Gasteiger partial charge in [0.2, 0.25) is 0 Å². The van der Waals surface area contributed by atoms with E-state index in [9.17, 15) is 0 Å². The fraction of sp³-hybridized carbons (Fsp3) is 0.400. The van der Waals surface area contributed by atoms with Crippen LogP contribution in [0.1, 0.15) is 18.5 Å². The lowest BCUT2D eigenvalue weighted by atomic mass is 10.3. The zero-order valence-corrected chi connectivity index (χ0v) is 9.17. The first-order valence-corrected chi connectivity index (χ1v) is 5.07. The molecule has 92 valence electrons. The summed E-state index contributed by atoms with van der Waals surface area (Å²) in [5, 5.41) is 15.0. The molecule has 0 bridgehead atoms. The molecule has 17 heavy (non-hydrogen) atoms. The van der Waals surface area contributed by atoms with Crippen molar-refractivity contribution in [2.45, 2.75) is 12.8 Å². The van der Waals surface area contributed by atoms with Crippen molar-refractivity contribution in [3.8, 4) is 5.75 Å². The Bertz CT molecular complexity index is 376. The van der Waals surface area contributed by atoms with Crippen LogP contribution in [-0.2, 0) is 0 Å². The minimum atomic E-state index is -0.0151. The number of amidine groups is 1. The van der Waals surface area contributed by atoms with Gasteiger partial charge in [-0.25, -0.2) is 4.98 Å². The van der Waals surface area contributed by atoms with Crippen LogP contribution in [0.2, 0.25) is 0 Å². The van der Waals surface area contributed by atoms with Crippen molar-refractivity contribution in [1.29, 1.82) is 5.41 Å². The Morgan fingerprint density at radius 1 is 1.65 bits per heavy atom. The van der Waals surface area contributed by atoms with Gasteiger partial charge in [0, 0.05) is 0 Å². The second kappa shape index (κ2) is 6.41. The molecule has 2 rings (SSSR count). The molecule has 4 N–H and O–H groups in total. The molecule has 1 aliphatic rings. The third-order valence-electron chi connectivity index (χ3n) is 2.19. The van der Waals surface area contributed by atoms with Crippen LogP contribution >= 0.6 is 0 Å². The van der Waals surface area contributed by atoms with Crippen molar-refractivity contribution < 1.29 is 9.94 Å². The molecule has 0 unspecified atom stereocenters. The number of pyridine rings is 1. The highest BCUT2D eigenvalue weighted by Crippen LogP contribution is 2.29. The fourth-order valence-electron chi connectivity index (χ4n) is 1.12. The molecule has 0 spiro atoms. The maximum atomic E-state index is 8.11. The van der Waals surface area contributed by atoms with Crippen LogP contribution in [0.3, 0.4) is 0 Å². The average Bonchev–Trinajstić information content (AvgIpc) is 3.12. The van der Waals surface area contributed by atoms with Gasteiger partial charge >= 0.3 is 0 Å². The zero-order valence-electron chi connectivity index (χ0n) is 9.17. The molecule has 0 atom stereocenters. The summed E-state index contributed by atoms with van der Waals surface area (Å²) in [6.45, 7) is 0.779. The number of nitrogen functional groups attached to an aromatic ring is 1. The van der Waals surface area contributed by atoms with E-state index in [2.05, 4.69) is 4.98 Å². The first kappa shape index (κ1) is 12.9. The Hall–Kier alpha value is -2.18. The van der Waals surface area contributed by atoms with Gasteiger partial charge < -0.3 is 15.7 Å². The predicted molar refractivity (Wildman–Crippen MR) is 61.1 cm³/mol. The maximum absolute atomic E-state index is 8.11. The summed E-state index contributed by atoms with van der Waals surface area (Å²) in [5.74, 6) is 1.48. The van der Waals surface area contributed by atoms with E-state index in [1.165, 1.54) is 18.2 Å². The van der Waals surface area contributed by atoms with Crippen LogP contribution < -0.4 is 10.5 Å². The lowest BCUT2D eigenvalue weighted by Crippen LogP contribution is -2.12. The summed E-state index contributed by atoms with van der Waals surface area (Å²) in [4.78, 5) is 12.1. The van der Waals surface area contributed by atoms with Crippen LogP contribution in [0.5, 0.6) is 5.75 Å². The molecule has 7 heteroatoms. The summed E-state index contributed by atoms with van der Waals surface area (Å²) in [7, 11) is 0. The largest absolute Gasteiger partial charge is 0.492 e. The van der Waals surface area contributed by atoms with Crippen molar-refractivity contribution in [3.05, 3.63) is 28.9 Å². The van der Waals surface area contributed by atoms with Gasteiger partial charge in [0.05, 0.1) is 12.8 Å². The second-order valence-electron chi connectivity index (χ2n) is 3.63. The van der Waals surface area contributed by atoms with Crippen LogP contribution in [0.4, 0.5) is 0 Å². The number of aromatic nitrogens is 1. The molecule has 0 aliphatic heterocycles. The third kappa shape index (κ3) is 4.92. The minimum Gasteiger partial charge on any atom is -0.492 e. The molecule has 0 amide bonds. The van der Waals surface area contributed by atoms with Crippen LogP contribution in [-0.4, -0.2) is 22.6 Å². The van der Waals surface area contributed by atoms with Gasteiger partial charge in [-0.15, -0.1) is 4.91 Å². The standard InChI is InChI=1S/C10H13N3O.HNO2/c11-10(12)9-4-3-8(5-13-9)14-6-7-1-2-7;2-1-3/h3-5,7H,1-2,6H2,(H3,11,12);(H,2,3). The zero-order chi connectivity index (χ0) is 12.7. The summed E-state index contributed by atoms with van der Waals surface area (Å²) in [5.41, 5.74) is 5.77. The average molecular weight is 238 g/mol. The molecule has 0 radical (unpaired) electrons. The van der Waals surface area contributed by atoms with E-state index < -0.39 is 0 Å². The van der Waals surface area contributed by atoms with E-state index in [1.54, 1.807) is 18.3 Å². The Labute approximate surface area is 98.1 Å². The van der Waals surface area contributed by atoms with Crippen molar-refractivity contribution >= 4 is 5.84 Å². The Morgan fingerprint density at radius 3 is 2.71 bits per heavy atom. The topological polar surface area (TPSA) is 122 Å². The molecular weight excluding hydrogens is 224 g/mol. The predicted octanol–water partition coefficient (Wildman–Crippen LogP) is 1.30. The van der Waals surface area contributed by atoms with Gasteiger partial charge in [0.25, 0.3) is 0 Å². The molecule has 1 heterocycles.